The van der Waals surface area contributed by atoms with E-state index in [0.717, 1.165) is 5.56 Å². The average molecular weight is 309 g/mol. The Morgan fingerprint density at radius 3 is 2.57 bits per heavy atom. The van der Waals surface area contributed by atoms with Gasteiger partial charge in [0.05, 0.1) is 11.9 Å². The molecule has 0 radical (unpaired) electrons. The van der Waals surface area contributed by atoms with Crippen molar-refractivity contribution in [3.05, 3.63) is 72.2 Å². The second-order valence-electron chi connectivity index (χ2n) is 5.08. The number of para-hydroxylation sites is 1. The van der Waals surface area contributed by atoms with Crippen LogP contribution in [0.15, 0.2) is 60.8 Å². The zero-order valence-corrected chi connectivity index (χ0v) is 12.6. The third-order valence-electron chi connectivity index (χ3n) is 3.32. The van der Waals surface area contributed by atoms with Gasteiger partial charge in [-0.05, 0) is 17.7 Å². The van der Waals surface area contributed by atoms with Crippen LogP contribution in [0.25, 0.3) is 0 Å². The topological polar surface area (TPSA) is 53.9 Å². The monoisotopic (exact) mass is 309 g/mol. The number of nitrogens with zero attached hydrogens (tertiary/aromatic N) is 4. The van der Waals surface area contributed by atoms with E-state index in [4.69, 9.17) is 0 Å². The first-order valence-electron chi connectivity index (χ1n) is 7.19. The number of hydrogen-bond acceptors (Lipinski definition) is 5. The molecule has 0 amide bonds. The molecule has 0 fully saturated rings. The van der Waals surface area contributed by atoms with Gasteiger partial charge in [0.2, 0.25) is 5.95 Å². The fourth-order valence-electron chi connectivity index (χ4n) is 2.15. The van der Waals surface area contributed by atoms with Crippen LogP contribution in [0, 0.1) is 5.82 Å². The van der Waals surface area contributed by atoms with Crippen molar-refractivity contribution in [3.8, 4) is 0 Å². The summed E-state index contributed by atoms with van der Waals surface area (Å²) >= 11 is 0. The fourth-order valence-corrected chi connectivity index (χ4v) is 2.15. The van der Waals surface area contributed by atoms with Gasteiger partial charge in [-0.3, -0.25) is 0 Å². The zero-order chi connectivity index (χ0) is 16.1. The van der Waals surface area contributed by atoms with Gasteiger partial charge in [-0.25, -0.2) is 4.39 Å². The second-order valence-corrected chi connectivity index (χ2v) is 5.08. The van der Waals surface area contributed by atoms with E-state index in [1.54, 1.807) is 24.4 Å². The molecule has 116 valence electrons. The maximum atomic E-state index is 13.7. The fraction of sp³-hybridized carbons (Fsp3) is 0.118. The summed E-state index contributed by atoms with van der Waals surface area (Å²) in [6, 6.07) is 16.4. The standard InChI is InChI=1S/C17H16FN5/c1-23(12-13-7-3-2-4-8-13)16-11-19-22-17(21-16)20-15-10-6-5-9-14(15)18/h2-11H,12H2,1H3,(H,20,21,22). The van der Waals surface area contributed by atoms with Crippen LogP contribution in [0.5, 0.6) is 0 Å². The first-order valence-corrected chi connectivity index (χ1v) is 7.19. The summed E-state index contributed by atoms with van der Waals surface area (Å²) in [6.45, 7) is 0.693. The van der Waals surface area contributed by atoms with E-state index in [1.165, 1.54) is 6.07 Å². The lowest BCUT2D eigenvalue weighted by Gasteiger charge is -2.18. The Kier molecular flexibility index (Phi) is 4.42. The van der Waals surface area contributed by atoms with Crippen molar-refractivity contribution in [2.24, 2.45) is 0 Å². The first-order chi connectivity index (χ1) is 11.2. The highest BCUT2D eigenvalue weighted by atomic mass is 19.1. The summed E-state index contributed by atoms with van der Waals surface area (Å²) < 4.78 is 13.7. The average Bonchev–Trinajstić information content (AvgIpc) is 2.58. The number of rotatable bonds is 5. The van der Waals surface area contributed by atoms with Gasteiger partial charge in [0.25, 0.3) is 0 Å². The van der Waals surface area contributed by atoms with E-state index in [1.807, 2.05) is 42.3 Å². The van der Waals surface area contributed by atoms with E-state index < -0.39 is 0 Å². The second kappa shape index (κ2) is 6.83. The van der Waals surface area contributed by atoms with Gasteiger partial charge in [-0.2, -0.15) is 10.1 Å². The SMILES string of the molecule is CN(Cc1ccccc1)c1cnnc(Nc2ccccc2F)n1. The Bertz CT molecular complexity index is 779. The minimum atomic E-state index is -0.362. The van der Waals surface area contributed by atoms with Gasteiger partial charge in [-0.1, -0.05) is 42.5 Å². The third kappa shape index (κ3) is 3.79. The van der Waals surface area contributed by atoms with Gasteiger partial charge >= 0.3 is 0 Å². The summed E-state index contributed by atoms with van der Waals surface area (Å²) in [5.41, 5.74) is 1.48. The van der Waals surface area contributed by atoms with Gasteiger partial charge in [0.1, 0.15) is 5.82 Å². The van der Waals surface area contributed by atoms with E-state index in [9.17, 15) is 4.39 Å². The predicted octanol–water partition coefficient (Wildman–Crippen LogP) is 3.39. The molecular weight excluding hydrogens is 293 g/mol. The minimum Gasteiger partial charge on any atom is -0.354 e. The van der Waals surface area contributed by atoms with Crippen LogP contribution >= 0.6 is 0 Å². The van der Waals surface area contributed by atoms with Gasteiger partial charge in [-0.15, -0.1) is 5.10 Å². The number of nitrogens with one attached hydrogen (secondary N) is 1. The van der Waals surface area contributed by atoms with Crippen molar-refractivity contribution < 1.29 is 4.39 Å². The molecule has 1 heterocycles. The number of aromatic nitrogens is 3. The van der Waals surface area contributed by atoms with E-state index in [2.05, 4.69) is 20.5 Å². The molecule has 2 aromatic carbocycles. The van der Waals surface area contributed by atoms with Crippen LogP contribution < -0.4 is 10.2 Å². The van der Waals surface area contributed by atoms with Crippen molar-refractivity contribution in [2.45, 2.75) is 6.54 Å². The summed E-state index contributed by atoms with van der Waals surface area (Å²) in [5, 5.41) is 10.7. The Morgan fingerprint density at radius 2 is 1.78 bits per heavy atom. The molecule has 23 heavy (non-hydrogen) atoms. The molecule has 0 unspecified atom stereocenters. The quantitative estimate of drug-likeness (QED) is 0.783. The smallest absolute Gasteiger partial charge is 0.249 e. The lowest BCUT2D eigenvalue weighted by molar-refractivity contribution is 0.631. The van der Waals surface area contributed by atoms with Crippen LogP contribution in [0.4, 0.5) is 21.8 Å². The lowest BCUT2D eigenvalue weighted by Crippen LogP contribution is -2.18. The van der Waals surface area contributed by atoms with Gasteiger partial charge < -0.3 is 10.2 Å². The van der Waals surface area contributed by atoms with Crippen molar-refractivity contribution >= 4 is 17.5 Å². The molecule has 0 atom stereocenters. The van der Waals surface area contributed by atoms with E-state index >= 15 is 0 Å². The molecule has 3 aromatic rings. The molecule has 0 saturated carbocycles. The molecule has 1 aromatic heterocycles. The highest BCUT2D eigenvalue weighted by Gasteiger charge is 2.08. The maximum absolute atomic E-state index is 13.7. The molecular formula is C17H16FN5. The van der Waals surface area contributed by atoms with Crippen LogP contribution in [0.1, 0.15) is 5.56 Å². The highest BCUT2D eigenvalue weighted by Crippen LogP contribution is 2.18. The minimum absolute atomic E-state index is 0.257. The molecule has 0 spiro atoms. The van der Waals surface area contributed by atoms with E-state index in [-0.39, 0.29) is 11.8 Å². The van der Waals surface area contributed by atoms with Gasteiger partial charge in [0, 0.05) is 13.6 Å². The van der Waals surface area contributed by atoms with Crippen molar-refractivity contribution in [2.75, 3.05) is 17.3 Å². The molecule has 0 saturated heterocycles. The van der Waals surface area contributed by atoms with Crippen LogP contribution in [0.2, 0.25) is 0 Å². The molecule has 6 heteroatoms. The lowest BCUT2D eigenvalue weighted by atomic mass is 10.2. The Labute approximate surface area is 133 Å². The van der Waals surface area contributed by atoms with Crippen LogP contribution in [-0.2, 0) is 6.54 Å². The Morgan fingerprint density at radius 1 is 1.04 bits per heavy atom. The largest absolute Gasteiger partial charge is 0.354 e. The number of halogens is 1. The van der Waals surface area contributed by atoms with Crippen molar-refractivity contribution in [1.82, 2.24) is 15.2 Å². The molecule has 1 N–H and O–H groups in total. The summed E-state index contributed by atoms with van der Waals surface area (Å²) in [7, 11) is 1.92. The van der Waals surface area contributed by atoms with E-state index in [0.29, 0.717) is 18.1 Å². The van der Waals surface area contributed by atoms with Gasteiger partial charge in [0.15, 0.2) is 5.82 Å². The predicted molar refractivity (Wildman–Crippen MR) is 88.1 cm³/mol. The number of anilines is 3. The van der Waals surface area contributed by atoms with Crippen molar-refractivity contribution in [1.29, 1.82) is 0 Å². The number of hydrogen-bond donors (Lipinski definition) is 1. The Hall–Kier alpha value is -3.02. The molecule has 0 aliphatic carbocycles. The van der Waals surface area contributed by atoms with Crippen LogP contribution in [-0.4, -0.2) is 22.2 Å². The Balaban J connectivity index is 1.76. The van der Waals surface area contributed by atoms with Crippen LogP contribution in [0.3, 0.4) is 0 Å². The summed E-state index contributed by atoms with van der Waals surface area (Å²) in [5.74, 6) is 0.550. The molecule has 0 bridgehead atoms. The van der Waals surface area contributed by atoms with Crippen molar-refractivity contribution in [3.63, 3.8) is 0 Å². The molecule has 3 rings (SSSR count). The summed E-state index contributed by atoms with van der Waals surface area (Å²) in [4.78, 5) is 6.33. The highest BCUT2D eigenvalue weighted by molar-refractivity contribution is 5.54. The number of benzene rings is 2. The molecule has 0 aliphatic rings. The third-order valence-corrected chi connectivity index (χ3v) is 3.32. The molecule has 0 aliphatic heterocycles. The molecule has 5 nitrogen and oxygen atoms in total. The summed E-state index contributed by atoms with van der Waals surface area (Å²) in [6.07, 6.45) is 1.58. The maximum Gasteiger partial charge on any atom is 0.249 e. The zero-order valence-electron chi connectivity index (χ0n) is 12.6. The normalized spacial score (nSPS) is 10.3. The first kappa shape index (κ1) is 14.9.